The fourth-order valence-corrected chi connectivity index (χ4v) is 3.44. The second kappa shape index (κ2) is 5.89. The molecule has 122 valence electrons. The van der Waals surface area contributed by atoms with Gasteiger partial charge in [-0.2, -0.15) is 0 Å². The van der Waals surface area contributed by atoms with Crippen LogP contribution in [-0.2, 0) is 20.6 Å². The third-order valence-corrected chi connectivity index (χ3v) is 4.48. The van der Waals surface area contributed by atoms with Crippen LogP contribution in [0.3, 0.4) is 0 Å². The predicted molar refractivity (Wildman–Crippen MR) is 74.9 cm³/mol. The van der Waals surface area contributed by atoms with Gasteiger partial charge in [0.1, 0.15) is 23.7 Å². The van der Waals surface area contributed by atoms with Crippen molar-refractivity contribution in [2.45, 2.75) is 26.3 Å². The molecule has 0 saturated heterocycles. The van der Waals surface area contributed by atoms with Crippen molar-refractivity contribution >= 4 is 13.6 Å². The number of aromatic hydroxyl groups is 1. The summed E-state index contributed by atoms with van der Waals surface area (Å²) in [6, 6.07) is 0. The Balaban J connectivity index is 2.80. The zero-order valence-electron chi connectivity index (χ0n) is 12.3. The number of rotatable bonds is 5. The molecule has 1 unspecified atom stereocenters. The van der Waals surface area contributed by atoms with E-state index >= 15 is 0 Å². The van der Waals surface area contributed by atoms with Gasteiger partial charge in [-0.05, 0) is 19.4 Å². The third kappa shape index (κ3) is 2.59. The minimum absolute atomic E-state index is 0.00104. The van der Waals surface area contributed by atoms with Crippen molar-refractivity contribution in [3.8, 4) is 11.5 Å². The molecule has 0 bridgehead atoms. The molecule has 1 aromatic rings. The summed E-state index contributed by atoms with van der Waals surface area (Å²) in [5.74, 6) is -3.00. The summed E-state index contributed by atoms with van der Waals surface area (Å²) >= 11 is 0. The van der Waals surface area contributed by atoms with Crippen molar-refractivity contribution in [3.63, 3.8) is 0 Å². The molecule has 1 aromatic carbocycles. The van der Waals surface area contributed by atoms with Crippen molar-refractivity contribution in [1.82, 2.24) is 0 Å². The van der Waals surface area contributed by atoms with Gasteiger partial charge in [-0.25, -0.2) is 4.79 Å². The Kier molecular flexibility index (Phi) is 4.49. The van der Waals surface area contributed by atoms with Crippen LogP contribution >= 0.6 is 7.60 Å². The summed E-state index contributed by atoms with van der Waals surface area (Å²) in [5, 5.41) is 10.4. The number of hydrogen-bond donors (Lipinski definition) is 3. The highest BCUT2D eigenvalue weighted by Gasteiger charge is 2.41. The van der Waals surface area contributed by atoms with Crippen molar-refractivity contribution in [2.75, 3.05) is 13.7 Å². The average molecular weight is 332 g/mol. The van der Waals surface area contributed by atoms with E-state index in [1.54, 1.807) is 13.8 Å². The number of methoxy groups -OCH3 is 1. The van der Waals surface area contributed by atoms with Gasteiger partial charge in [0, 0.05) is 12.2 Å². The summed E-state index contributed by atoms with van der Waals surface area (Å²) in [6.45, 7) is 3.14. The van der Waals surface area contributed by atoms with E-state index in [1.807, 2.05) is 0 Å². The van der Waals surface area contributed by atoms with Gasteiger partial charge in [-0.1, -0.05) is 0 Å². The van der Waals surface area contributed by atoms with Crippen LogP contribution in [0, 0.1) is 6.92 Å². The molecular formula is C13H17O8P. The summed E-state index contributed by atoms with van der Waals surface area (Å²) in [5.41, 5.74) is 0.553. The predicted octanol–water partition coefficient (Wildman–Crippen LogP) is 1.59. The van der Waals surface area contributed by atoms with Crippen LogP contribution in [0.15, 0.2) is 0 Å². The number of phenolic OH excluding ortho intramolecular Hbond substituents is 1. The van der Waals surface area contributed by atoms with Gasteiger partial charge in [-0.3, -0.25) is 4.57 Å². The fourth-order valence-electron chi connectivity index (χ4n) is 2.52. The maximum absolute atomic E-state index is 11.8. The van der Waals surface area contributed by atoms with E-state index in [9.17, 15) is 24.3 Å². The molecule has 0 saturated carbocycles. The maximum Gasteiger partial charge on any atom is 0.358 e. The quantitative estimate of drug-likeness (QED) is 0.549. The molecule has 0 spiro atoms. The number of esters is 1. The first-order chi connectivity index (χ1) is 10.2. The number of fused-ring (bicyclic) bond motifs is 1. The van der Waals surface area contributed by atoms with Crippen LogP contribution in [0.1, 0.15) is 39.8 Å². The monoisotopic (exact) mass is 332 g/mol. The number of carbonyl (C=O) groups excluding carboxylic acids is 1. The van der Waals surface area contributed by atoms with Gasteiger partial charge in [-0.15, -0.1) is 0 Å². The average Bonchev–Trinajstić information content (AvgIpc) is 2.81. The lowest BCUT2D eigenvalue weighted by Gasteiger charge is -2.24. The molecule has 0 fully saturated rings. The van der Waals surface area contributed by atoms with Gasteiger partial charge in [0.15, 0.2) is 5.85 Å². The first-order valence-corrected chi connectivity index (χ1v) is 8.18. The van der Waals surface area contributed by atoms with Gasteiger partial charge in [0.2, 0.25) is 0 Å². The minimum atomic E-state index is -4.76. The zero-order valence-corrected chi connectivity index (χ0v) is 13.2. The Labute approximate surface area is 126 Å². The van der Waals surface area contributed by atoms with Gasteiger partial charge in [0.25, 0.3) is 0 Å². The maximum atomic E-state index is 11.8. The lowest BCUT2D eigenvalue weighted by atomic mass is 9.97. The highest BCUT2D eigenvalue weighted by atomic mass is 31.2. The molecule has 0 aliphatic carbocycles. The van der Waals surface area contributed by atoms with E-state index < -0.39 is 25.2 Å². The lowest BCUT2D eigenvalue weighted by Crippen LogP contribution is -2.11. The van der Waals surface area contributed by atoms with Crippen LogP contribution in [0.2, 0.25) is 0 Å². The van der Waals surface area contributed by atoms with Crippen molar-refractivity contribution in [1.29, 1.82) is 0 Å². The Bertz CT molecular complexity index is 663. The van der Waals surface area contributed by atoms with E-state index in [0.29, 0.717) is 11.1 Å². The number of phenols is 1. The topological polar surface area (TPSA) is 123 Å². The number of hydrogen-bond acceptors (Lipinski definition) is 6. The second-order valence-corrected chi connectivity index (χ2v) is 6.39. The fraction of sp³-hybridized carbons (Fsp3) is 0.462. The number of ether oxygens (including phenoxy) is 3. The minimum Gasteiger partial charge on any atom is -0.506 e. The SMILES string of the molecule is CCOC(c1c(O)c2c(c(C)c1OC)COC2=O)P(=O)(O)O. The molecule has 3 N–H and O–H groups in total. The summed E-state index contributed by atoms with van der Waals surface area (Å²) in [6.07, 6.45) is 0. The highest BCUT2D eigenvalue weighted by Crippen LogP contribution is 2.58. The van der Waals surface area contributed by atoms with E-state index in [1.165, 1.54) is 7.11 Å². The van der Waals surface area contributed by atoms with Crippen molar-refractivity contribution in [2.24, 2.45) is 0 Å². The summed E-state index contributed by atoms with van der Waals surface area (Å²) < 4.78 is 26.9. The van der Waals surface area contributed by atoms with Gasteiger partial charge >= 0.3 is 13.6 Å². The van der Waals surface area contributed by atoms with Crippen LogP contribution in [0.4, 0.5) is 0 Å². The van der Waals surface area contributed by atoms with E-state index in [-0.39, 0.29) is 30.1 Å². The van der Waals surface area contributed by atoms with E-state index in [4.69, 9.17) is 14.2 Å². The molecule has 1 aliphatic heterocycles. The van der Waals surface area contributed by atoms with E-state index in [2.05, 4.69) is 0 Å². The second-order valence-electron chi connectivity index (χ2n) is 4.75. The molecule has 1 atom stereocenters. The summed E-state index contributed by atoms with van der Waals surface area (Å²) in [7, 11) is -3.46. The van der Waals surface area contributed by atoms with Crippen molar-refractivity contribution in [3.05, 3.63) is 22.3 Å². The van der Waals surface area contributed by atoms with E-state index in [0.717, 1.165) is 0 Å². The van der Waals surface area contributed by atoms with Crippen LogP contribution in [-0.4, -0.2) is 34.6 Å². The molecule has 8 nitrogen and oxygen atoms in total. The third-order valence-electron chi connectivity index (χ3n) is 3.46. The lowest BCUT2D eigenvalue weighted by molar-refractivity contribution is 0.0532. The number of carbonyl (C=O) groups is 1. The van der Waals surface area contributed by atoms with Crippen LogP contribution in [0.5, 0.6) is 11.5 Å². The summed E-state index contributed by atoms with van der Waals surface area (Å²) in [4.78, 5) is 30.8. The first-order valence-electron chi connectivity index (χ1n) is 6.50. The van der Waals surface area contributed by atoms with Gasteiger partial charge in [0.05, 0.1) is 12.7 Å². The molecule has 1 aliphatic rings. The smallest absolute Gasteiger partial charge is 0.358 e. The Hall–Kier alpha value is -1.60. The number of cyclic esters (lactones) is 1. The molecule has 0 amide bonds. The molecule has 1 heterocycles. The Morgan fingerprint density at radius 1 is 1.41 bits per heavy atom. The molecular weight excluding hydrogens is 315 g/mol. The molecule has 2 rings (SSSR count). The highest BCUT2D eigenvalue weighted by molar-refractivity contribution is 7.52. The molecule has 0 radical (unpaired) electrons. The van der Waals surface area contributed by atoms with Gasteiger partial charge < -0.3 is 29.1 Å². The van der Waals surface area contributed by atoms with Crippen LogP contribution < -0.4 is 4.74 Å². The van der Waals surface area contributed by atoms with Crippen molar-refractivity contribution < 1.29 is 38.5 Å². The van der Waals surface area contributed by atoms with Crippen LogP contribution in [0.25, 0.3) is 0 Å². The molecule has 9 heteroatoms. The normalized spacial score (nSPS) is 15.4. The first kappa shape index (κ1) is 16.8. The Morgan fingerprint density at radius 2 is 2.05 bits per heavy atom. The number of benzene rings is 1. The standard InChI is InChI=1S/C13H17O8P/c1-4-20-13(22(16,17)18)9-10(14)8-7(5-21-12(8)15)6(2)11(9)19-3/h13-14H,4-5H2,1-3H3,(H2,16,17,18). The zero-order chi connectivity index (χ0) is 16.7. The Morgan fingerprint density at radius 3 is 2.55 bits per heavy atom. The molecule has 22 heavy (non-hydrogen) atoms. The molecule has 0 aromatic heterocycles. The largest absolute Gasteiger partial charge is 0.506 e.